The summed E-state index contributed by atoms with van der Waals surface area (Å²) in [6.07, 6.45) is 0.373. The molecule has 23 heavy (non-hydrogen) atoms. The molecule has 0 aliphatic heterocycles. The Balaban J connectivity index is 2.82. The van der Waals surface area contributed by atoms with E-state index in [0.29, 0.717) is 25.4 Å². The minimum absolute atomic E-state index is 0.0342. The van der Waals surface area contributed by atoms with Crippen LogP contribution in [0, 0.1) is 5.92 Å². The Morgan fingerprint density at radius 2 is 1.78 bits per heavy atom. The fraction of sp³-hybridized carbons (Fsp3) is 0.556. The van der Waals surface area contributed by atoms with Gasteiger partial charge in [0, 0.05) is 19.5 Å². The standard InChI is InChI=1S/C18H28N2O3/c1-6-17(21)20(14(4)18(22)19-11-13(2)3)12-15-7-9-16(23-5)10-8-15/h7-10,13-14H,6,11-12H2,1-5H3,(H,19,22)/t14-/m1/s1. The number of amides is 2. The van der Waals surface area contributed by atoms with Crippen molar-refractivity contribution >= 4 is 11.8 Å². The third kappa shape index (κ3) is 5.93. The predicted octanol–water partition coefficient (Wildman–Crippen LogP) is 2.59. The van der Waals surface area contributed by atoms with Gasteiger partial charge in [-0.3, -0.25) is 9.59 Å². The van der Waals surface area contributed by atoms with Crippen LogP contribution in [0.3, 0.4) is 0 Å². The quantitative estimate of drug-likeness (QED) is 0.801. The molecule has 0 aromatic heterocycles. The maximum Gasteiger partial charge on any atom is 0.242 e. The monoisotopic (exact) mass is 320 g/mol. The lowest BCUT2D eigenvalue weighted by molar-refractivity contribution is -0.140. The number of carbonyl (C=O) groups is 2. The summed E-state index contributed by atoms with van der Waals surface area (Å²) in [7, 11) is 1.61. The molecule has 0 saturated heterocycles. The molecule has 0 bridgehead atoms. The molecule has 0 saturated carbocycles. The van der Waals surface area contributed by atoms with Gasteiger partial charge in [0.15, 0.2) is 0 Å². The van der Waals surface area contributed by atoms with Gasteiger partial charge in [0.25, 0.3) is 0 Å². The zero-order chi connectivity index (χ0) is 17.4. The number of hydrogen-bond donors (Lipinski definition) is 1. The zero-order valence-electron chi connectivity index (χ0n) is 14.8. The lowest BCUT2D eigenvalue weighted by atomic mass is 10.1. The third-order valence-electron chi connectivity index (χ3n) is 3.67. The number of methoxy groups -OCH3 is 1. The maximum absolute atomic E-state index is 12.3. The zero-order valence-corrected chi connectivity index (χ0v) is 14.8. The summed E-state index contributed by atoms with van der Waals surface area (Å²) in [5.74, 6) is 0.995. The largest absolute Gasteiger partial charge is 0.497 e. The molecular formula is C18H28N2O3. The minimum atomic E-state index is -0.497. The first-order chi connectivity index (χ1) is 10.9. The SMILES string of the molecule is CCC(=O)N(Cc1ccc(OC)cc1)[C@H](C)C(=O)NCC(C)C. The van der Waals surface area contributed by atoms with Gasteiger partial charge in [-0.1, -0.05) is 32.9 Å². The second-order valence-electron chi connectivity index (χ2n) is 6.04. The van der Waals surface area contributed by atoms with E-state index >= 15 is 0 Å². The van der Waals surface area contributed by atoms with Crippen LogP contribution in [0.15, 0.2) is 24.3 Å². The van der Waals surface area contributed by atoms with Crippen LogP contribution in [-0.4, -0.2) is 36.4 Å². The van der Waals surface area contributed by atoms with E-state index in [1.165, 1.54) is 0 Å². The Hall–Kier alpha value is -2.04. The fourth-order valence-corrected chi connectivity index (χ4v) is 2.17. The first-order valence-corrected chi connectivity index (χ1v) is 8.09. The lowest BCUT2D eigenvalue weighted by Gasteiger charge is -2.28. The molecule has 1 rings (SSSR count). The summed E-state index contributed by atoms with van der Waals surface area (Å²) < 4.78 is 5.14. The van der Waals surface area contributed by atoms with E-state index in [0.717, 1.165) is 11.3 Å². The van der Waals surface area contributed by atoms with Gasteiger partial charge in [0.2, 0.25) is 11.8 Å². The van der Waals surface area contributed by atoms with Crippen molar-refractivity contribution in [2.75, 3.05) is 13.7 Å². The Morgan fingerprint density at radius 1 is 1.17 bits per heavy atom. The van der Waals surface area contributed by atoms with Crippen LogP contribution in [-0.2, 0) is 16.1 Å². The van der Waals surface area contributed by atoms with Crippen molar-refractivity contribution in [2.45, 2.75) is 46.7 Å². The van der Waals surface area contributed by atoms with E-state index in [-0.39, 0.29) is 11.8 Å². The topological polar surface area (TPSA) is 58.6 Å². The highest BCUT2D eigenvalue weighted by atomic mass is 16.5. The minimum Gasteiger partial charge on any atom is -0.497 e. The number of ether oxygens (including phenoxy) is 1. The van der Waals surface area contributed by atoms with Crippen molar-refractivity contribution in [3.05, 3.63) is 29.8 Å². The number of rotatable bonds is 8. The normalized spacial score (nSPS) is 11.9. The van der Waals surface area contributed by atoms with Crippen molar-refractivity contribution in [3.63, 3.8) is 0 Å². The van der Waals surface area contributed by atoms with Crippen LogP contribution in [0.4, 0.5) is 0 Å². The average Bonchev–Trinajstić information content (AvgIpc) is 2.56. The van der Waals surface area contributed by atoms with Gasteiger partial charge in [-0.05, 0) is 30.5 Å². The molecule has 5 heteroatoms. The molecule has 0 aliphatic carbocycles. The van der Waals surface area contributed by atoms with Crippen LogP contribution in [0.2, 0.25) is 0 Å². The number of hydrogen-bond acceptors (Lipinski definition) is 3. The van der Waals surface area contributed by atoms with Gasteiger partial charge >= 0.3 is 0 Å². The Labute approximate surface area is 139 Å². The van der Waals surface area contributed by atoms with E-state index in [1.54, 1.807) is 18.9 Å². The molecule has 1 atom stereocenters. The van der Waals surface area contributed by atoms with Crippen LogP contribution in [0.5, 0.6) is 5.75 Å². The van der Waals surface area contributed by atoms with Gasteiger partial charge in [0.05, 0.1) is 7.11 Å². The highest BCUT2D eigenvalue weighted by Crippen LogP contribution is 2.15. The fourth-order valence-electron chi connectivity index (χ4n) is 2.17. The van der Waals surface area contributed by atoms with Crippen molar-refractivity contribution in [2.24, 2.45) is 5.92 Å². The number of benzene rings is 1. The van der Waals surface area contributed by atoms with Crippen LogP contribution < -0.4 is 10.1 Å². The van der Waals surface area contributed by atoms with E-state index in [1.807, 2.05) is 45.0 Å². The highest BCUT2D eigenvalue weighted by Gasteiger charge is 2.25. The van der Waals surface area contributed by atoms with Crippen molar-refractivity contribution in [1.82, 2.24) is 10.2 Å². The third-order valence-corrected chi connectivity index (χ3v) is 3.67. The van der Waals surface area contributed by atoms with Crippen molar-refractivity contribution in [3.8, 4) is 5.75 Å². The van der Waals surface area contributed by atoms with Gasteiger partial charge in [-0.25, -0.2) is 0 Å². The molecule has 0 spiro atoms. The van der Waals surface area contributed by atoms with Gasteiger partial charge in [-0.15, -0.1) is 0 Å². The predicted molar refractivity (Wildman–Crippen MR) is 91.1 cm³/mol. The summed E-state index contributed by atoms with van der Waals surface area (Å²) in [6, 6.07) is 7.03. The highest BCUT2D eigenvalue weighted by molar-refractivity contribution is 5.87. The molecule has 0 aliphatic rings. The summed E-state index contributed by atoms with van der Waals surface area (Å²) in [5, 5.41) is 2.89. The average molecular weight is 320 g/mol. The molecule has 0 radical (unpaired) electrons. The van der Waals surface area contributed by atoms with Gasteiger partial charge < -0.3 is 15.0 Å². The molecule has 0 unspecified atom stereocenters. The van der Waals surface area contributed by atoms with E-state index in [9.17, 15) is 9.59 Å². The molecular weight excluding hydrogens is 292 g/mol. The molecule has 2 amide bonds. The molecule has 0 heterocycles. The summed E-state index contributed by atoms with van der Waals surface area (Å²) in [4.78, 5) is 26.1. The number of nitrogens with zero attached hydrogens (tertiary/aromatic N) is 1. The smallest absolute Gasteiger partial charge is 0.242 e. The van der Waals surface area contributed by atoms with E-state index < -0.39 is 6.04 Å². The van der Waals surface area contributed by atoms with Gasteiger partial charge in [0.1, 0.15) is 11.8 Å². The van der Waals surface area contributed by atoms with Crippen LogP contribution >= 0.6 is 0 Å². The van der Waals surface area contributed by atoms with E-state index in [4.69, 9.17) is 4.74 Å². The van der Waals surface area contributed by atoms with Crippen LogP contribution in [0.1, 0.15) is 39.7 Å². The van der Waals surface area contributed by atoms with Gasteiger partial charge in [-0.2, -0.15) is 0 Å². The number of nitrogens with one attached hydrogen (secondary N) is 1. The molecule has 1 aromatic carbocycles. The Bertz CT molecular complexity index is 512. The van der Waals surface area contributed by atoms with Crippen LogP contribution in [0.25, 0.3) is 0 Å². The molecule has 1 N–H and O–H groups in total. The second kappa shape index (κ2) is 9.18. The summed E-state index contributed by atoms with van der Waals surface area (Å²) >= 11 is 0. The first-order valence-electron chi connectivity index (χ1n) is 8.09. The van der Waals surface area contributed by atoms with Crippen molar-refractivity contribution < 1.29 is 14.3 Å². The number of carbonyl (C=O) groups excluding carboxylic acids is 2. The van der Waals surface area contributed by atoms with Crippen molar-refractivity contribution in [1.29, 1.82) is 0 Å². The Kier molecular flexibility index (Phi) is 7.59. The first kappa shape index (κ1) is 19.0. The summed E-state index contributed by atoms with van der Waals surface area (Å²) in [5.41, 5.74) is 0.969. The molecule has 128 valence electrons. The lowest BCUT2D eigenvalue weighted by Crippen LogP contribution is -2.48. The maximum atomic E-state index is 12.3. The molecule has 1 aromatic rings. The Morgan fingerprint density at radius 3 is 2.26 bits per heavy atom. The summed E-state index contributed by atoms with van der Waals surface area (Å²) in [6.45, 7) is 8.68. The molecule has 5 nitrogen and oxygen atoms in total. The van der Waals surface area contributed by atoms with E-state index in [2.05, 4.69) is 5.32 Å². The second-order valence-corrected chi connectivity index (χ2v) is 6.04. The molecule has 0 fully saturated rings.